The van der Waals surface area contributed by atoms with Gasteiger partial charge < -0.3 is 24.1 Å². The number of nitrogens with zero attached hydrogens (tertiary/aromatic N) is 6. The molecule has 212 valence electrons. The second kappa shape index (κ2) is 13.3. The number of benzene rings is 1. The number of amides is 1. The molecule has 2 unspecified atom stereocenters. The number of guanidine groups is 1. The van der Waals surface area contributed by atoms with Crippen LogP contribution >= 0.6 is 15.9 Å². The van der Waals surface area contributed by atoms with Crippen molar-refractivity contribution in [3.05, 3.63) is 47.2 Å². The predicted octanol–water partition coefficient (Wildman–Crippen LogP) is 3.29. The minimum Gasteiger partial charge on any atom is -0.466 e. The monoisotopic (exact) mass is 615 g/mol. The third-order valence-corrected chi connectivity index (χ3v) is 7.27. The molecule has 0 bridgehead atoms. The van der Waals surface area contributed by atoms with E-state index >= 15 is 0 Å². The van der Waals surface area contributed by atoms with E-state index in [0.29, 0.717) is 53.1 Å². The van der Waals surface area contributed by atoms with Crippen LogP contribution in [0.15, 0.2) is 46.5 Å². The van der Waals surface area contributed by atoms with E-state index in [9.17, 15) is 14.4 Å². The summed E-state index contributed by atoms with van der Waals surface area (Å²) in [6.07, 6.45) is 6.74. The van der Waals surface area contributed by atoms with Gasteiger partial charge in [0.05, 0.1) is 47.6 Å². The Balaban J connectivity index is 1.34. The molecule has 0 saturated heterocycles. The smallest absolute Gasteiger partial charge is 0.419 e. The standard InChI is InChI=1S/C26H30BrN7O6/c1-4-19(17(13-38-16(2)35)11-18-12-28-14-33(18)3)24(36)39-15-40-26(37)34-10-9-31-25(34)32-20-5-6-21-23(22(20)27)30-8-7-29-21/h5-8,12,14,17,19H,4,9-11,13,15H2,1-3H3,(H,31,32). The molecule has 14 heteroatoms. The van der Waals surface area contributed by atoms with E-state index in [1.165, 1.54) is 11.8 Å². The van der Waals surface area contributed by atoms with Gasteiger partial charge >= 0.3 is 18.0 Å². The molecule has 0 aliphatic carbocycles. The highest BCUT2D eigenvalue weighted by Crippen LogP contribution is 2.29. The summed E-state index contributed by atoms with van der Waals surface area (Å²) < 4.78 is 18.3. The van der Waals surface area contributed by atoms with Crippen molar-refractivity contribution in [3.8, 4) is 0 Å². The molecule has 40 heavy (non-hydrogen) atoms. The quantitative estimate of drug-likeness (QED) is 0.266. The van der Waals surface area contributed by atoms with Gasteiger partial charge in [-0.25, -0.2) is 14.7 Å². The first-order chi connectivity index (χ1) is 19.3. The van der Waals surface area contributed by atoms with Crippen LogP contribution in [0.2, 0.25) is 0 Å². The number of rotatable bonds is 10. The maximum absolute atomic E-state index is 13.0. The minimum atomic E-state index is -0.715. The van der Waals surface area contributed by atoms with Crippen LogP contribution in [0.1, 0.15) is 26.0 Å². The number of ether oxygens (including phenoxy) is 3. The van der Waals surface area contributed by atoms with Crippen molar-refractivity contribution in [1.29, 1.82) is 0 Å². The van der Waals surface area contributed by atoms with E-state index in [0.717, 1.165) is 5.69 Å². The predicted molar refractivity (Wildman–Crippen MR) is 148 cm³/mol. The zero-order valence-electron chi connectivity index (χ0n) is 22.4. The maximum Gasteiger partial charge on any atom is 0.419 e. The van der Waals surface area contributed by atoms with Crippen LogP contribution in [0.3, 0.4) is 0 Å². The normalized spacial score (nSPS) is 14.4. The van der Waals surface area contributed by atoms with Crippen LogP contribution in [0.4, 0.5) is 10.5 Å². The number of hydrogen-bond acceptors (Lipinski definition) is 11. The molecule has 3 heterocycles. The van der Waals surface area contributed by atoms with Crippen molar-refractivity contribution in [2.45, 2.75) is 26.7 Å². The zero-order valence-corrected chi connectivity index (χ0v) is 24.0. The number of esters is 2. The fourth-order valence-electron chi connectivity index (χ4n) is 4.36. The van der Waals surface area contributed by atoms with Crippen molar-refractivity contribution in [3.63, 3.8) is 0 Å². The summed E-state index contributed by atoms with van der Waals surface area (Å²) in [5, 5.41) is 3.13. The van der Waals surface area contributed by atoms with E-state index < -0.39 is 30.7 Å². The van der Waals surface area contributed by atoms with Gasteiger partial charge in [0, 0.05) is 44.2 Å². The first-order valence-electron chi connectivity index (χ1n) is 12.7. The van der Waals surface area contributed by atoms with Gasteiger partial charge in [-0.05, 0) is 40.9 Å². The number of aliphatic imine (C=N–C) groups is 1. The Morgan fingerprint density at radius 1 is 1.15 bits per heavy atom. The summed E-state index contributed by atoms with van der Waals surface area (Å²) in [6.45, 7) is 3.32. The molecule has 3 aromatic rings. The first-order valence-corrected chi connectivity index (χ1v) is 13.5. The highest BCUT2D eigenvalue weighted by atomic mass is 79.9. The van der Waals surface area contributed by atoms with Gasteiger partial charge in [0.2, 0.25) is 12.8 Å². The van der Waals surface area contributed by atoms with E-state index in [4.69, 9.17) is 14.2 Å². The highest BCUT2D eigenvalue weighted by molar-refractivity contribution is 9.10. The van der Waals surface area contributed by atoms with Crippen molar-refractivity contribution in [2.75, 3.05) is 31.8 Å². The van der Waals surface area contributed by atoms with Gasteiger partial charge in [0.25, 0.3) is 0 Å². The van der Waals surface area contributed by atoms with Gasteiger partial charge in [0.15, 0.2) is 0 Å². The second-order valence-electron chi connectivity index (χ2n) is 9.10. The fourth-order valence-corrected chi connectivity index (χ4v) is 4.90. The number of anilines is 1. The molecule has 2 atom stereocenters. The van der Waals surface area contributed by atoms with Gasteiger partial charge in [-0.1, -0.05) is 6.92 Å². The van der Waals surface area contributed by atoms with E-state index in [1.54, 1.807) is 37.1 Å². The average Bonchev–Trinajstić information content (AvgIpc) is 3.57. The number of fused-ring (bicyclic) bond motifs is 1. The van der Waals surface area contributed by atoms with Crippen molar-refractivity contribution in [2.24, 2.45) is 23.9 Å². The van der Waals surface area contributed by atoms with E-state index in [-0.39, 0.29) is 12.5 Å². The minimum absolute atomic E-state index is 0.0447. The number of hydrogen-bond donors (Lipinski definition) is 1. The molecule has 1 aromatic carbocycles. The average molecular weight is 616 g/mol. The lowest BCUT2D eigenvalue weighted by Gasteiger charge is -2.25. The van der Waals surface area contributed by atoms with Crippen LogP contribution in [0.25, 0.3) is 11.0 Å². The van der Waals surface area contributed by atoms with Crippen LogP contribution in [0.5, 0.6) is 0 Å². The third kappa shape index (κ3) is 6.92. The molecule has 1 N–H and O–H groups in total. The lowest BCUT2D eigenvalue weighted by Crippen LogP contribution is -2.39. The molecule has 0 saturated carbocycles. The van der Waals surface area contributed by atoms with Crippen LogP contribution < -0.4 is 5.32 Å². The summed E-state index contributed by atoms with van der Waals surface area (Å²) in [7, 11) is 1.85. The number of carbonyl (C=O) groups is 3. The Morgan fingerprint density at radius 3 is 2.67 bits per heavy atom. The maximum atomic E-state index is 13.0. The largest absolute Gasteiger partial charge is 0.466 e. The Labute approximate surface area is 239 Å². The highest BCUT2D eigenvalue weighted by Gasteiger charge is 2.31. The van der Waals surface area contributed by atoms with Gasteiger partial charge in [-0.3, -0.25) is 24.5 Å². The van der Waals surface area contributed by atoms with Crippen molar-refractivity contribution >= 4 is 56.6 Å². The number of carbonyl (C=O) groups excluding carboxylic acids is 3. The summed E-state index contributed by atoms with van der Waals surface area (Å²) >= 11 is 3.53. The van der Waals surface area contributed by atoms with Crippen LogP contribution in [0, 0.1) is 11.8 Å². The molecular formula is C26H30BrN7O6. The van der Waals surface area contributed by atoms with Crippen molar-refractivity contribution < 1.29 is 28.6 Å². The number of aromatic nitrogens is 4. The summed E-state index contributed by atoms with van der Waals surface area (Å²) in [5.74, 6) is -1.63. The Hall–Kier alpha value is -4.07. The summed E-state index contributed by atoms with van der Waals surface area (Å²) in [4.78, 5) is 55.6. The molecule has 2 aromatic heterocycles. The Bertz CT molecular complexity index is 1410. The van der Waals surface area contributed by atoms with Crippen LogP contribution in [-0.2, 0) is 37.3 Å². The number of aryl methyl sites for hydroxylation is 1. The van der Waals surface area contributed by atoms with E-state index in [1.807, 2.05) is 18.5 Å². The molecule has 4 rings (SSSR count). The Morgan fingerprint density at radius 2 is 1.95 bits per heavy atom. The summed E-state index contributed by atoms with van der Waals surface area (Å²) in [5.41, 5.74) is 2.91. The second-order valence-corrected chi connectivity index (χ2v) is 9.90. The molecule has 1 aliphatic heterocycles. The molecule has 0 fully saturated rings. The number of nitrogens with one attached hydrogen (secondary N) is 1. The van der Waals surface area contributed by atoms with E-state index in [2.05, 4.69) is 41.2 Å². The number of imidazole rings is 1. The lowest BCUT2D eigenvalue weighted by molar-refractivity contribution is -0.162. The molecule has 0 spiro atoms. The molecule has 1 amide bonds. The van der Waals surface area contributed by atoms with Gasteiger partial charge in [0.1, 0.15) is 5.52 Å². The zero-order chi connectivity index (χ0) is 28.6. The van der Waals surface area contributed by atoms with Gasteiger partial charge in [-0.2, -0.15) is 0 Å². The topological polar surface area (TPSA) is 150 Å². The fraction of sp³-hybridized carbons (Fsp3) is 0.423. The molecule has 1 aliphatic rings. The summed E-state index contributed by atoms with van der Waals surface area (Å²) in [6, 6.07) is 3.61. The number of halogens is 1. The molecular weight excluding hydrogens is 586 g/mol. The van der Waals surface area contributed by atoms with Crippen molar-refractivity contribution in [1.82, 2.24) is 24.4 Å². The van der Waals surface area contributed by atoms with Gasteiger partial charge in [-0.15, -0.1) is 0 Å². The molecule has 13 nitrogen and oxygen atoms in total. The first kappa shape index (κ1) is 28.9. The third-order valence-electron chi connectivity index (χ3n) is 6.47. The van der Waals surface area contributed by atoms with Crippen LogP contribution in [-0.4, -0.2) is 74.9 Å². The Kier molecular flexibility index (Phi) is 9.64. The SMILES string of the molecule is CCC(C(=O)OCOC(=O)N1CCN=C1Nc1ccc2nccnc2c1Br)C(COC(C)=O)Cc1cncn1C. The molecule has 0 radical (unpaired) electrons. The lowest BCUT2D eigenvalue weighted by atomic mass is 9.87.